The molecule has 6 rings (SSSR count). The third kappa shape index (κ3) is 3.69. The molecule has 3 aliphatic carbocycles. The Hall–Kier alpha value is -2.77. The van der Waals surface area contributed by atoms with Gasteiger partial charge in [-0.25, -0.2) is 9.18 Å². The average molecular weight is 476 g/mol. The Morgan fingerprint density at radius 2 is 1.88 bits per heavy atom. The second-order valence-electron chi connectivity index (χ2n) is 8.43. The number of amides is 1. The number of aromatic nitrogens is 2. The number of carbonyl (C=O) groups is 1. The topological polar surface area (TPSA) is 65.3 Å². The quantitative estimate of drug-likeness (QED) is 0.581. The Bertz CT molecular complexity index is 1230. The molecule has 1 N–H and O–H groups in total. The maximum atomic E-state index is 13.5. The predicted octanol–water partition coefficient (Wildman–Crippen LogP) is 4.16. The molecule has 1 heterocycles. The van der Waals surface area contributed by atoms with Gasteiger partial charge in [-0.2, -0.15) is 0 Å². The highest BCUT2D eigenvalue weighted by molar-refractivity contribution is 6.31. The first kappa shape index (κ1) is 21.1. The second kappa shape index (κ2) is 7.98. The molecule has 9 heteroatoms. The van der Waals surface area contributed by atoms with Crippen molar-refractivity contribution in [3.8, 4) is 11.4 Å². The molecule has 3 aliphatic rings. The first-order valence-electron chi connectivity index (χ1n) is 10.3. The van der Waals surface area contributed by atoms with Crippen LogP contribution in [-0.2, 0) is 10.3 Å². The summed E-state index contributed by atoms with van der Waals surface area (Å²) in [7, 11) is 0. The van der Waals surface area contributed by atoms with Gasteiger partial charge in [0.1, 0.15) is 11.6 Å². The summed E-state index contributed by atoms with van der Waals surface area (Å²) in [6.07, 6.45) is 5.94. The zero-order chi connectivity index (χ0) is 22.5. The summed E-state index contributed by atoms with van der Waals surface area (Å²) in [5.74, 6) is -0.319. The van der Waals surface area contributed by atoms with Gasteiger partial charge in [-0.3, -0.25) is 13.9 Å². The minimum Gasteiger partial charge on any atom is -0.484 e. The number of nitrogens with zero attached hydrogens (tertiary/aromatic N) is 2. The zero-order valence-electron chi connectivity index (χ0n) is 16.9. The van der Waals surface area contributed by atoms with Crippen molar-refractivity contribution >= 4 is 29.1 Å². The first-order chi connectivity index (χ1) is 15.3. The minimum absolute atomic E-state index is 0.00188. The van der Waals surface area contributed by atoms with E-state index in [4.69, 9.17) is 27.9 Å². The molecule has 3 aromatic rings. The number of imidazole rings is 1. The monoisotopic (exact) mass is 475 g/mol. The summed E-state index contributed by atoms with van der Waals surface area (Å²) in [4.78, 5) is 25.4. The predicted molar refractivity (Wildman–Crippen MR) is 119 cm³/mol. The molecule has 2 aromatic carbocycles. The molecule has 0 saturated heterocycles. The van der Waals surface area contributed by atoms with Gasteiger partial charge < -0.3 is 10.1 Å². The Labute approximate surface area is 193 Å². The Morgan fingerprint density at radius 1 is 1.12 bits per heavy atom. The number of rotatable bonds is 6. The lowest BCUT2D eigenvalue weighted by molar-refractivity contribution is -0.124. The number of ether oxygens (including phenoxy) is 1. The van der Waals surface area contributed by atoms with E-state index in [1.54, 1.807) is 39.6 Å². The molecule has 0 aliphatic heterocycles. The first-order valence-corrected chi connectivity index (χ1v) is 11.0. The summed E-state index contributed by atoms with van der Waals surface area (Å²) >= 11 is 11.6. The number of hydrogen-bond acceptors (Lipinski definition) is 3. The Morgan fingerprint density at radius 3 is 2.59 bits per heavy atom. The fraction of sp³-hybridized carbons (Fsp3) is 0.304. The van der Waals surface area contributed by atoms with Crippen LogP contribution in [0.1, 0.15) is 19.3 Å². The summed E-state index contributed by atoms with van der Waals surface area (Å²) in [5, 5.41) is 3.62. The summed E-state index contributed by atoms with van der Waals surface area (Å²) < 4.78 is 22.3. The SMILES string of the molecule is O=C(COc1ccc(Cl)c(F)c1)NC1CC2(n3ccn(-c4ccc(Cl)cc4)c3=O)CC1C2. The van der Waals surface area contributed by atoms with E-state index >= 15 is 0 Å². The van der Waals surface area contributed by atoms with E-state index in [-0.39, 0.29) is 40.6 Å². The van der Waals surface area contributed by atoms with Crippen LogP contribution < -0.4 is 15.7 Å². The van der Waals surface area contributed by atoms with Crippen LogP contribution in [0.2, 0.25) is 10.0 Å². The van der Waals surface area contributed by atoms with Crippen LogP contribution in [0, 0.1) is 11.7 Å². The van der Waals surface area contributed by atoms with Gasteiger partial charge in [-0.1, -0.05) is 23.2 Å². The van der Waals surface area contributed by atoms with Gasteiger partial charge in [-0.05, 0) is 61.6 Å². The lowest BCUT2D eigenvalue weighted by Crippen LogP contribution is -2.45. The van der Waals surface area contributed by atoms with Crippen LogP contribution in [0.15, 0.2) is 59.7 Å². The average Bonchev–Trinajstić information content (AvgIpc) is 3.40. The van der Waals surface area contributed by atoms with E-state index in [0.29, 0.717) is 17.4 Å². The molecular formula is C23H20Cl2FN3O3. The molecule has 32 heavy (non-hydrogen) atoms. The molecule has 6 nitrogen and oxygen atoms in total. The summed E-state index contributed by atoms with van der Waals surface area (Å²) in [5.41, 5.74) is 0.368. The van der Waals surface area contributed by atoms with Crippen LogP contribution in [-0.4, -0.2) is 27.7 Å². The highest BCUT2D eigenvalue weighted by atomic mass is 35.5. The van der Waals surface area contributed by atoms with Crippen molar-refractivity contribution in [3.63, 3.8) is 0 Å². The highest BCUT2D eigenvalue weighted by Crippen LogP contribution is 2.56. The third-order valence-corrected chi connectivity index (χ3v) is 7.01. The van der Waals surface area contributed by atoms with Gasteiger partial charge in [-0.15, -0.1) is 0 Å². The number of hydrogen-bond donors (Lipinski definition) is 1. The molecular weight excluding hydrogens is 456 g/mol. The van der Waals surface area contributed by atoms with Crippen LogP contribution in [0.3, 0.4) is 0 Å². The number of fused-ring (bicyclic) bond motifs is 1. The Kier molecular flexibility index (Phi) is 5.26. The molecule has 1 atom stereocenters. The third-order valence-electron chi connectivity index (χ3n) is 6.45. The molecule has 0 radical (unpaired) electrons. The van der Waals surface area contributed by atoms with Crippen LogP contribution in [0.5, 0.6) is 5.75 Å². The van der Waals surface area contributed by atoms with Crippen LogP contribution in [0.4, 0.5) is 4.39 Å². The lowest BCUT2D eigenvalue weighted by atomic mass is 9.76. The molecule has 3 fully saturated rings. The van der Waals surface area contributed by atoms with Crippen molar-refractivity contribution in [2.24, 2.45) is 5.92 Å². The maximum absolute atomic E-state index is 13.5. The Balaban J connectivity index is 1.23. The van der Waals surface area contributed by atoms with E-state index < -0.39 is 5.82 Å². The van der Waals surface area contributed by atoms with Crippen molar-refractivity contribution in [1.82, 2.24) is 14.5 Å². The van der Waals surface area contributed by atoms with Gasteiger partial charge in [0.2, 0.25) is 0 Å². The minimum atomic E-state index is -0.598. The number of halogens is 3. The van der Waals surface area contributed by atoms with E-state index in [0.717, 1.165) is 24.6 Å². The van der Waals surface area contributed by atoms with E-state index in [2.05, 4.69) is 5.32 Å². The number of benzene rings is 2. The molecule has 3 saturated carbocycles. The molecule has 2 bridgehead atoms. The normalized spacial score (nSPS) is 23.6. The van der Waals surface area contributed by atoms with Crippen molar-refractivity contribution < 1.29 is 13.9 Å². The van der Waals surface area contributed by atoms with E-state index in [1.165, 1.54) is 12.1 Å². The molecule has 1 aromatic heterocycles. The van der Waals surface area contributed by atoms with E-state index in [9.17, 15) is 14.0 Å². The van der Waals surface area contributed by atoms with Gasteiger partial charge in [0.15, 0.2) is 6.61 Å². The van der Waals surface area contributed by atoms with Crippen molar-refractivity contribution in [2.75, 3.05) is 6.61 Å². The molecule has 1 unspecified atom stereocenters. The standard InChI is InChI=1S/C23H20Cl2FN3O3/c24-15-1-3-16(4-2-15)28-7-8-29(22(28)31)23-10-14(11-23)20(12-23)27-21(30)13-32-17-5-6-18(25)19(26)9-17/h1-9,14,20H,10-13H2,(H,27,30). The highest BCUT2D eigenvalue weighted by Gasteiger charge is 2.58. The summed E-state index contributed by atoms with van der Waals surface area (Å²) in [6, 6.07) is 11.1. The van der Waals surface area contributed by atoms with Crippen LogP contribution in [0.25, 0.3) is 5.69 Å². The van der Waals surface area contributed by atoms with Crippen molar-refractivity contribution in [2.45, 2.75) is 30.8 Å². The van der Waals surface area contributed by atoms with Gasteiger partial charge in [0.05, 0.1) is 16.2 Å². The fourth-order valence-electron chi connectivity index (χ4n) is 4.91. The second-order valence-corrected chi connectivity index (χ2v) is 9.28. The van der Waals surface area contributed by atoms with Gasteiger partial charge in [0, 0.05) is 29.5 Å². The van der Waals surface area contributed by atoms with Gasteiger partial charge >= 0.3 is 5.69 Å². The van der Waals surface area contributed by atoms with Crippen molar-refractivity contribution in [1.29, 1.82) is 0 Å². The maximum Gasteiger partial charge on any atom is 0.333 e. The summed E-state index contributed by atoms with van der Waals surface area (Å²) in [6.45, 7) is -0.218. The van der Waals surface area contributed by atoms with Gasteiger partial charge in [0.25, 0.3) is 5.91 Å². The largest absolute Gasteiger partial charge is 0.484 e. The van der Waals surface area contributed by atoms with Crippen molar-refractivity contribution in [3.05, 3.63) is 81.2 Å². The molecule has 1 amide bonds. The van der Waals surface area contributed by atoms with Crippen LogP contribution >= 0.6 is 23.2 Å². The zero-order valence-corrected chi connectivity index (χ0v) is 18.4. The van der Waals surface area contributed by atoms with E-state index in [1.807, 2.05) is 6.20 Å². The fourth-order valence-corrected chi connectivity index (χ4v) is 5.15. The number of nitrogens with one attached hydrogen (secondary N) is 1. The molecule has 0 spiro atoms. The molecule has 166 valence electrons. The number of carbonyl (C=O) groups excluding carboxylic acids is 1. The lowest BCUT2D eigenvalue weighted by Gasteiger charge is -2.38. The smallest absolute Gasteiger partial charge is 0.333 e.